The van der Waals surface area contributed by atoms with Gasteiger partial charge in [-0.05, 0) is 54.8 Å². The summed E-state index contributed by atoms with van der Waals surface area (Å²) in [6, 6.07) is 12.1. The van der Waals surface area contributed by atoms with Crippen LogP contribution in [-0.4, -0.2) is 48.5 Å². The van der Waals surface area contributed by atoms with Crippen molar-refractivity contribution in [2.75, 3.05) is 38.4 Å². The van der Waals surface area contributed by atoms with Gasteiger partial charge in [0.2, 0.25) is 15.9 Å². The average Bonchev–Trinajstić information content (AvgIpc) is 2.79. The number of nitrogens with zero attached hydrogens (tertiary/aromatic N) is 1. The lowest BCUT2D eigenvalue weighted by Crippen LogP contribution is -2.33. The SMILES string of the molecule is CC[C@H](NC(=O)CCCN(c1ccc(OC)cc1)S(C)(=O)=O)c1ccc(OC)c(OC)c1. The van der Waals surface area contributed by atoms with Gasteiger partial charge >= 0.3 is 0 Å². The van der Waals surface area contributed by atoms with Gasteiger partial charge in [-0.25, -0.2) is 8.42 Å². The molecule has 1 N–H and O–H groups in total. The first-order valence-electron chi connectivity index (χ1n) is 10.4. The summed E-state index contributed by atoms with van der Waals surface area (Å²) in [5.74, 6) is 1.72. The monoisotopic (exact) mass is 464 g/mol. The van der Waals surface area contributed by atoms with Crippen LogP contribution < -0.4 is 23.8 Å². The van der Waals surface area contributed by atoms with Gasteiger partial charge in [-0.2, -0.15) is 0 Å². The fraction of sp³-hybridized carbons (Fsp3) is 0.435. The van der Waals surface area contributed by atoms with E-state index in [1.54, 1.807) is 45.6 Å². The predicted molar refractivity (Wildman–Crippen MR) is 125 cm³/mol. The first kappa shape index (κ1) is 25.3. The number of hydrogen-bond donors (Lipinski definition) is 1. The summed E-state index contributed by atoms with van der Waals surface area (Å²) in [6.07, 6.45) is 2.43. The third-order valence-electron chi connectivity index (χ3n) is 5.08. The van der Waals surface area contributed by atoms with Gasteiger partial charge in [0.05, 0.1) is 39.3 Å². The van der Waals surface area contributed by atoms with Gasteiger partial charge in [0, 0.05) is 13.0 Å². The van der Waals surface area contributed by atoms with E-state index < -0.39 is 10.0 Å². The number of anilines is 1. The van der Waals surface area contributed by atoms with Crippen molar-refractivity contribution in [1.29, 1.82) is 0 Å². The first-order valence-corrected chi connectivity index (χ1v) is 12.2. The standard InChI is InChI=1S/C23H32N2O6S/c1-6-20(17-9-14-21(30-3)22(16-17)31-4)24-23(26)8-7-15-25(32(5,27)28)18-10-12-19(29-2)13-11-18/h9-14,16,20H,6-8,15H2,1-5H3,(H,24,26)/t20-/m0/s1. The zero-order valence-electron chi connectivity index (χ0n) is 19.3. The van der Waals surface area contributed by atoms with E-state index in [-0.39, 0.29) is 24.9 Å². The molecule has 0 aromatic heterocycles. The van der Waals surface area contributed by atoms with Crippen molar-refractivity contribution in [1.82, 2.24) is 5.32 Å². The summed E-state index contributed by atoms with van der Waals surface area (Å²) in [5.41, 5.74) is 1.44. The van der Waals surface area contributed by atoms with Crippen molar-refractivity contribution in [2.24, 2.45) is 0 Å². The molecule has 0 fully saturated rings. The van der Waals surface area contributed by atoms with Crippen LogP contribution in [0, 0.1) is 0 Å². The lowest BCUT2D eigenvalue weighted by Gasteiger charge is -2.23. The Hall–Kier alpha value is -2.94. The fourth-order valence-corrected chi connectivity index (χ4v) is 4.34. The highest BCUT2D eigenvalue weighted by Crippen LogP contribution is 2.31. The Morgan fingerprint density at radius 1 is 1.00 bits per heavy atom. The summed E-state index contributed by atoms with van der Waals surface area (Å²) in [4.78, 5) is 12.6. The number of sulfonamides is 1. The molecule has 0 aliphatic rings. The highest BCUT2D eigenvalue weighted by molar-refractivity contribution is 7.92. The summed E-state index contributed by atoms with van der Waals surface area (Å²) in [6.45, 7) is 2.18. The number of carbonyl (C=O) groups is 1. The number of methoxy groups -OCH3 is 3. The normalized spacial score (nSPS) is 12.0. The van der Waals surface area contributed by atoms with E-state index >= 15 is 0 Å². The Balaban J connectivity index is 2.00. The number of hydrogen-bond acceptors (Lipinski definition) is 6. The molecule has 0 saturated heterocycles. The van der Waals surface area contributed by atoms with E-state index in [9.17, 15) is 13.2 Å². The maximum Gasteiger partial charge on any atom is 0.232 e. The zero-order chi connectivity index (χ0) is 23.7. The van der Waals surface area contributed by atoms with E-state index in [1.807, 2.05) is 25.1 Å². The maximum absolute atomic E-state index is 12.6. The van der Waals surface area contributed by atoms with E-state index in [2.05, 4.69) is 5.32 Å². The highest BCUT2D eigenvalue weighted by atomic mass is 32.2. The summed E-state index contributed by atoms with van der Waals surface area (Å²) in [5, 5.41) is 3.02. The molecule has 8 nitrogen and oxygen atoms in total. The molecule has 0 spiro atoms. The zero-order valence-corrected chi connectivity index (χ0v) is 20.1. The molecule has 0 unspecified atom stereocenters. The fourth-order valence-electron chi connectivity index (χ4n) is 3.38. The lowest BCUT2D eigenvalue weighted by molar-refractivity contribution is -0.121. The summed E-state index contributed by atoms with van der Waals surface area (Å²) < 4.78 is 41.5. The summed E-state index contributed by atoms with van der Waals surface area (Å²) >= 11 is 0. The minimum atomic E-state index is -3.49. The van der Waals surface area contributed by atoms with Crippen LogP contribution in [0.5, 0.6) is 17.2 Å². The van der Waals surface area contributed by atoms with Crippen molar-refractivity contribution >= 4 is 21.6 Å². The number of ether oxygens (including phenoxy) is 3. The Morgan fingerprint density at radius 3 is 2.19 bits per heavy atom. The molecule has 0 aliphatic carbocycles. The Bertz CT molecular complexity index is 992. The minimum Gasteiger partial charge on any atom is -0.497 e. The maximum atomic E-state index is 12.6. The van der Waals surface area contributed by atoms with E-state index in [4.69, 9.17) is 14.2 Å². The van der Waals surface area contributed by atoms with Crippen LogP contribution in [-0.2, 0) is 14.8 Å². The Kier molecular flexibility index (Phi) is 9.19. The van der Waals surface area contributed by atoms with Crippen LogP contribution in [0.25, 0.3) is 0 Å². The van der Waals surface area contributed by atoms with E-state index in [0.717, 1.165) is 11.8 Å². The van der Waals surface area contributed by atoms with Crippen LogP contribution in [0.4, 0.5) is 5.69 Å². The molecular weight excluding hydrogens is 432 g/mol. The number of benzene rings is 2. The smallest absolute Gasteiger partial charge is 0.232 e. The van der Waals surface area contributed by atoms with E-state index in [0.29, 0.717) is 35.8 Å². The quantitative estimate of drug-likeness (QED) is 0.517. The second-order valence-electron chi connectivity index (χ2n) is 7.28. The molecule has 9 heteroatoms. The summed E-state index contributed by atoms with van der Waals surface area (Å²) in [7, 11) is 1.20. The lowest BCUT2D eigenvalue weighted by atomic mass is 10.0. The third-order valence-corrected chi connectivity index (χ3v) is 6.27. The molecule has 0 heterocycles. The van der Waals surface area contributed by atoms with Crippen molar-refractivity contribution < 1.29 is 27.4 Å². The average molecular weight is 465 g/mol. The number of amides is 1. The number of rotatable bonds is 12. The van der Waals surface area contributed by atoms with Gasteiger partial charge in [0.15, 0.2) is 11.5 Å². The molecule has 32 heavy (non-hydrogen) atoms. The third kappa shape index (κ3) is 6.78. The van der Waals surface area contributed by atoms with Gasteiger partial charge in [-0.1, -0.05) is 13.0 Å². The number of carbonyl (C=O) groups excluding carboxylic acids is 1. The Morgan fingerprint density at radius 2 is 1.66 bits per heavy atom. The molecule has 2 rings (SSSR count). The molecule has 176 valence electrons. The van der Waals surface area contributed by atoms with Crippen LogP contribution in [0.2, 0.25) is 0 Å². The van der Waals surface area contributed by atoms with Gasteiger partial charge in [0.25, 0.3) is 0 Å². The molecule has 0 radical (unpaired) electrons. The van der Waals surface area contributed by atoms with Gasteiger partial charge in [-0.15, -0.1) is 0 Å². The van der Waals surface area contributed by atoms with E-state index in [1.165, 1.54) is 4.31 Å². The molecule has 2 aromatic carbocycles. The van der Waals surface area contributed by atoms with Crippen molar-refractivity contribution in [3.05, 3.63) is 48.0 Å². The van der Waals surface area contributed by atoms with Crippen molar-refractivity contribution in [2.45, 2.75) is 32.2 Å². The Labute approximate surface area is 190 Å². The van der Waals surface area contributed by atoms with Gasteiger partial charge in [0.1, 0.15) is 5.75 Å². The number of nitrogens with one attached hydrogen (secondary N) is 1. The molecule has 2 aromatic rings. The van der Waals surface area contributed by atoms with Gasteiger partial charge < -0.3 is 19.5 Å². The highest BCUT2D eigenvalue weighted by Gasteiger charge is 2.19. The van der Waals surface area contributed by atoms with Crippen LogP contribution in [0.3, 0.4) is 0 Å². The van der Waals surface area contributed by atoms with Crippen molar-refractivity contribution in [3.63, 3.8) is 0 Å². The van der Waals surface area contributed by atoms with Crippen LogP contribution >= 0.6 is 0 Å². The second kappa shape index (κ2) is 11.6. The molecule has 0 saturated carbocycles. The molecule has 1 amide bonds. The predicted octanol–water partition coefficient (Wildman–Crippen LogP) is 3.53. The minimum absolute atomic E-state index is 0.144. The second-order valence-corrected chi connectivity index (χ2v) is 9.19. The molecule has 1 atom stereocenters. The first-order chi connectivity index (χ1) is 15.2. The largest absolute Gasteiger partial charge is 0.497 e. The van der Waals surface area contributed by atoms with Crippen molar-refractivity contribution in [3.8, 4) is 17.2 Å². The van der Waals surface area contributed by atoms with Crippen LogP contribution in [0.1, 0.15) is 37.8 Å². The molecular formula is C23H32N2O6S. The van der Waals surface area contributed by atoms with Gasteiger partial charge in [-0.3, -0.25) is 9.10 Å². The molecule has 0 aliphatic heterocycles. The topological polar surface area (TPSA) is 94.2 Å². The molecule has 0 bridgehead atoms. The van der Waals surface area contributed by atoms with Crippen LogP contribution in [0.15, 0.2) is 42.5 Å².